The van der Waals surface area contributed by atoms with Gasteiger partial charge in [0.2, 0.25) is 6.33 Å². The Kier molecular flexibility index (Phi) is 14.1. The zero-order valence-electron chi connectivity index (χ0n) is 23.0. The van der Waals surface area contributed by atoms with Gasteiger partial charge in [0.05, 0.1) is 13.1 Å². The van der Waals surface area contributed by atoms with Crippen molar-refractivity contribution in [2.75, 3.05) is 0 Å². The molecule has 2 nitrogen and oxygen atoms in total. The van der Waals surface area contributed by atoms with Crippen molar-refractivity contribution in [2.45, 2.75) is 122 Å². The summed E-state index contributed by atoms with van der Waals surface area (Å²) < 4.78 is 4.76. The van der Waals surface area contributed by atoms with Crippen molar-refractivity contribution >= 4 is 0 Å². The fourth-order valence-corrected chi connectivity index (χ4v) is 5.33. The van der Waals surface area contributed by atoms with E-state index in [1.54, 1.807) is 0 Å². The molecule has 2 aromatic carbocycles. The zero-order chi connectivity index (χ0) is 25.1. The van der Waals surface area contributed by atoms with E-state index in [0.717, 1.165) is 19.5 Å². The number of hydrogen-bond donors (Lipinski definition) is 0. The monoisotopic (exact) mass is 487 g/mol. The maximum atomic E-state index is 2.38. The van der Waals surface area contributed by atoms with E-state index in [9.17, 15) is 0 Å². The van der Waals surface area contributed by atoms with Crippen LogP contribution >= 0.6 is 0 Å². The molecule has 0 amide bonds. The minimum atomic E-state index is 0.482. The van der Waals surface area contributed by atoms with E-state index in [4.69, 9.17) is 0 Å². The first-order valence-corrected chi connectivity index (χ1v) is 15.0. The third-order valence-electron chi connectivity index (χ3n) is 7.54. The number of aromatic nitrogens is 2. The van der Waals surface area contributed by atoms with E-state index >= 15 is 0 Å². The fourth-order valence-electron chi connectivity index (χ4n) is 5.33. The third-order valence-corrected chi connectivity index (χ3v) is 7.54. The fraction of sp³-hybridized carbons (Fsp3) is 0.559. The summed E-state index contributed by atoms with van der Waals surface area (Å²) in [7, 11) is 0. The van der Waals surface area contributed by atoms with Crippen molar-refractivity contribution in [1.29, 1.82) is 0 Å². The van der Waals surface area contributed by atoms with Gasteiger partial charge in [-0.3, -0.25) is 0 Å². The second kappa shape index (κ2) is 18.0. The van der Waals surface area contributed by atoms with Gasteiger partial charge in [-0.15, -0.1) is 0 Å². The molecule has 0 spiro atoms. The predicted molar refractivity (Wildman–Crippen MR) is 154 cm³/mol. The first-order valence-electron chi connectivity index (χ1n) is 15.0. The van der Waals surface area contributed by atoms with Gasteiger partial charge in [0.15, 0.2) is 0 Å². The minimum absolute atomic E-state index is 0.482. The van der Waals surface area contributed by atoms with Crippen LogP contribution in [0.1, 0.15) is 114 Å². The SMILES string of the molecule is CCCCCCCCCCCCCCCCn1cc[n+](CC(Cc2ccccc2)c2ccccc2)c1. The highest BCUT2D eigenvalue weighted by molar-refractivity contribution is 5.23. The lowest BCUT2D eigenvalue weighted by molar-refractivity contribution is -0.699. The molecule has 2 heteroatoms. The highest BCUT2D eigenvalue weighted by atomic mass is 15.1. The van der Waals surface area contributed by atoms with Gasteiger partial charge in [-0.05, 0) is 30.4 Å². The molecule has 3 rings (SSSR count). The van der Waals surface area contributed by atoms with Crippen molar-refractivity contribution < 1.29 is 4.57 Å². The number of benzene rings is 2. The summed E-state index contributed by atoms with van der Waals surface area (Å²) in [6.45, 7) is 4.45. The summed E-state index contributed by atoms with van der Waals surface area (Å²) in [5, 5.41) is 0. The topological polar surface area (TPSA) is 8.81 Å². The molecule has 1 unspecified atom stereocenters. The normalized spacial score (nSPS) is 12.1. The average Bonchev–Trinajstić information content (AvgIpc) is 3.37. The van der Waals surface area contributed by atoms with Crippen molar-refractivity contribution in [1.82, 2.24) is 4.57 Å². The van der Waals surface area contributed by atoms with Crippen molar-refractivity contribution in [2.24, 2.45) is 0 Å². The van der Waals surface area contributed by atoms with Crippen molar-refractivity contribution in [3.8, 4) is 0 Å². The Morgan fingerprint density at radius 3 is 1.75 bits per heavy atom. The van der Waals surface area contributed by atoms with E-state index < -0.39 is 0 Å². The zero-order valence-corrected chi connectivity index (χ0v) is 23.0. The summed E-state index contributed by atoms with van der Waals surface area (Å²) in [4.78, 5) is 0. The van der Waals surface area contributed by atoms with Gasteiger partial charge in [0.1, 0.15) is 12.4 Å². The average molecular weight is 488 g/mol. The summed E-state index contributed by atoms with van der Waals surface area (Å²) in [6, 6.07) is 21.9. The highest BCUT2D eigenvalue weighted by Crippen LogP contribution is 2.21. The van der Waals surface area contributed by atoms with Crippen LogP contribution in [0.25, 0.3) is 0 Å². The van der Waals surface area contributed by atoms with Gasteiger partial charge in [-0.25, -0.2) is 9.13 Å². The lowest BCUT2D eigenvalue weighted by Crippen LogP contribution is -2.35. The van der Waals surface area contributed by atoms with Crippen LogP contribution in [0.5, 0.6) is 0 Å². The van der Waals surface area contributed by atoms with Gasteiger partial charge in [-0.1, -0.05) is 145 Å². The van der Waals surface area contributed by atoms with Gasteiger partial charge < -0.3 is 0 Å². The summed E-state index contributed by atoms with van der Waals surface area (Å²) >= 11 is 0. The van der Waals surface area contributed by atoms with E-state index in [-0.39, 0.29) is 0 Å². The largest absolute Gasteiger partial charge is 0.243 e. The Morgan fingerprint density at radius 2 is 1.17 bits per heavy atom. The Balaban J connectivity index is 1.28. The lowest BCUT2D eigenvalue weighted by Gasteiger charge is -2.15. The maximum absolute atomic E-state index is 2.38. The second-order valence-electron chi connectivity index (χ2n) is 10.7. The Labute approximate surface area is 221 Å². The molecule has 0 radical (unpaired) electrons. The first-order chi connectivity index (χ1) is 17.8. The highest BCUT2D eigenvalue weighted by Gasteiger charge is 2.16. The molecule has 196 valence electrons. The molecule has 0 aliphatic carbocycles. The van der Waals surface area contributed by atoms with Gasteiger partial charge in [0.25, 0.3) is 0 Å². The molecular weight excluding hydrogens is 436 g/mol. The summed E-state index contributed by atoms with van der Waals surface area (Å²) in [5.41, 5.74) is 2.84. The molecule has 0 N–H and O–H groups in total. The van der Waals surface area contributed by atoms with E-state index in [1.165, 1.54) is 101 Å². The molecule has 0 saturated heterocycles. The maximum Gasteiger partial charge on any atom is 0.243 e. The van der Waals surface area contributed by atoms with E-state index in [2.05, 4.69) is 95.4 Å². The molecule has 0 fully saturated rings. The van der Waals surface area contributed by atoms with Gasteiger partial charge in [-0.2, -0.15) is 0 Å². The van der Waals surface area contributed by atoms with Crippen molar-refractivity contribution in [3.05, 3.63) is 90.5 Å². The smallest absolute Gasteiger partial charge is 0.237 e. The first kappa shape index (κ1) is 28.2. The molecule has 1 aromatic heterocycles. The Hall–Kier alpha value is -2.35. The molecule has 0 bridgehead atoms. The standard InChI is InChI=1S/C34H51N2/c1-2-3-4-5-6-7-8-9-10-11-12-13-14-21-26-35-27-28-36(31-35)30-34(33-24-19-16-20-25-33)29-32-22-17-15-18-23-32/h15-20,22-25,27-28,31,34H,2-14,21,26,29-30H2,1H3/q+1. The molecule has 0 saturated carbocycles. The number of rotatable bonds is 20. The van der Waals surface area contributed by atoms with E-state index in [1.807, 2.05) is 0 Å². The van der Waals surface area contributed by atoms with Crippen LogP contribution in [0.3, 0.4) is 0 Å². The van der Waals surface area contributed by atoms with Crippen LogP contribution in [0.4, 0.5) is 0 Å². The molecule has 36 heavy (non-hydrogen) atoms. The van der Waals surface area contributed by atoms with Crippen LogP contribution < -0.4 is 4.57 Å². The molecule has 3 aromatic rings. The van der Waals surface area contributed by atoms with Crippen LogP contribution in [0.2, 0.25) is 0 Å². The molecule has 1 heterocycles. The lowest BCUT2D eigenvalue weighted by atomic mass is 9.92. The Morgan fingerprint density at radius 1 is 0.639 bits per heavy atom. The summed E-state index contributed by atoms with van der Waals surface area (Å²) in [6.07, 6.45) is 27.7. The predicted octanol–water partition coefficient (Wildman–Crippen LogP) is 9.28. The minimum Gasteiger partial charge on any atom is -0.237 e. The van der Waals surface area contributed by atoms with Crippen LogP contribution in [-0.4, -0.2) is 4.57 Å². The van der Waals surface area contributed by atoms with Crippen LogP contribution in [-0.2, 0) is 19.5 Å². The summed E-state index contributed by atoms with van der Waals surface area (Å²) in [5.74, 6) is 0.482. The van der Waals surface area contributed by atoms with Crippen LogP contribution in [0.15, 0.2) is 79.4 Å². The quantitative estimate of drug-likeness (QED) is 0.111. The Bertz CT molecular complexity index is 899. The molecule has 1 atom stereocenters. The number of hydrogen-bond acceptors (Lipinski definition) is 0. The number of aryl methyl sites for hydroxylation is 1. The van der Waals surface area contributed by atoms with Crippen molar-refractivity contribution in [3.63, 3.8) is 0 Å². The third kappa shape index (κ3) is 11.6. The number of nitrogens with zero attached hydrogens (tertiary/aromatic N) is 2. The molecular formula is C34H51N2+. The van der Waals surface area contributed by atoms with Crippen LogP contribution in [0, 0.1) is 0 Å². The number of unbranched alkanes of at least 4 members (excludes halogenated alkanes) is 13. The molecule has 0 aliphatic heterocycles. The molecule has 0 aliphatic rings. The van der Waals surface area contributed by atoms with E-state index in [0.29, 0.717) is 5.92 Å². The van der Waals surface area contributed by atoms with Gasteiger partial charge in [0, 0.05) is 5.92 Å². The number of imidazole rings is 1. The second-order valence-corrected chi connectivity index (χ2v) is 10.7. The van der Waals surface area contributed by atoms with Gasteiger partial charge >= 0.3 is 0 Å².